The molecule has 2 fully saturated rings. The van der Waals surface area contributed by atoms with E-state index in [1.165, 1.54) is 0 Å². The quantitative estimate of drug-likeness (QED) is 0.515. The predicted molar refractivity (Wildman–Crippen MR) is 139 cm³/mol. The molecule has 11 nitrogen and oxygen atoms in total. The maximum atomic E-state index is 13.0. The number of piperazine rings is 1. The van der Waals surface area contributed by atoms with Gasteiger partial charge in [-0.2, -0.15) is 5.26 Å². The lowest BCUT2D eigenvalue weighted by atomic mass is 10.1. The van der Waals surface area contributed by atoms with Gasteiger partial charge in [-0.05, 0) is 49.4 Å². The average Bonchev–Trinajstić information content (AvgIpc) is 3.43. The second-order valence-corrected chi connectivity index (χ2v) is 9.81. The molecule has 1 aromatic carbocycles. The first kappa shape index (κ1) is 27.9. The van der Waals surface area contributed by atoms with Crippen molar-refractivity contribution in [3.63, 3.8) is 0 Å². The largest absolute Gasteiger partial charge is 0.342 e. The summed E-state index contributed by atoms with van der Waals surface area (Å²) in [6.07, 6.45) is 2.78. The van der Waals surface area contributed by atoms with Crippen LogP contribution in [0.3, 0.4) is 0 Å². The highest BCUT2D eigenvalue weighted by Gasteiger charge is 2.26. The summed E-state index contributed by atoms with van der Waals surface area (Å²) in [5, 5.41) is 14.0. The van der Waals surface area contributed by atoms with Crippen LogP contribution in [0.1, 0.15) is 43.5 Å². The average molecular weight is 512 g/mol. The van der Waals surface area contributed by atoms with Crippen LogP contribution in [0.2, 0.25) is 0 Å². The molecule has 2 aliphatic rings. The molecule has 2 aliphatic heterocycles. The molecular formula is C26H37N7O4. The molecule has 0 aromatic heterocycles. The van der Waals surface area contributed by atoms with Gasteiger partial charge in [0.2, 0.25) is 5.91 Å². The maximum Gasteiger partial charge on any atom is 0.325 e. The number of nitriles is 1. The first-order valence-electron chi connectivity index (χ1n) is 12.9. The van der Waals surface area contributed by atoms with Crippen LogP contribution in [0.25, 0.3) is 0 Å². The summed E-state index contributed by atoms with van der Waals surface area (Å²) in [5.41, 5.74) is 0.848. The van der Waals surface area contributed by atoms with Crippen molar-refractivity contribution < 1.29 is 19.2 Å². The molecule has 2 N–H and O–H groups in total. The zero-order valence-corrected chi connectivity index (χ0v) is 21.7. The van der Waals surface area contributed by atoms with E-state index < -0.39 is 11.9 Å². The third-order valence-electron chi connectivity index (χ3n) is 6.60. The molecule has 1 aromatic rings. The standard InChI is InChI=1S/C26H37N7O4/c1-20(2)9-14-33(25(36)28-11-10-27)24(35)21-5-7-22(8-6-21)29-26(37)32-17-15-30(16-18-32)19-23(34)31-12-3-4-13-31/h5-8,20H,3-4,9,11-19H2,1-2H3,(H,28,36)(H,29,37). The predicted octanol–water partition coefficient (Wildman–Crippen LogP) is 2.18. The first-order valence-corrected chi connectivity index (χ1v) is 12.9. The fraction of sp³-hybridized carbons (Fsp3) is 0.577. The van der Waals surface area contributed by atoms with Gasteiger partial charge in [0, 0.05) is 57.1 Å². The molecule has 11 heteroatoms. The maximum absolute atomic E-state index is 13.0. The van der Waals surface area contributed by atoms with E-state index in [2.05, 4.69) is 15.5 Å². The Morgan fingerprint density at radius 2 is 1.62 bits per heavy atom. The van der Waals surface area contributed by atoms with Crippen molar-refractivity contribution >= 4 is 29.6 Å². The SMILES string of the molecule is CC(C)CCN(C(=O)NCC#N)C(=O)c1ccc(NC(=O)N2CCN(CC(=O)N3CCCC3)CC2)cc1. The van der Waals surface area contributed by atoms with E-state index in [1.54, 1.807) is 29.2 Å². The van der Waals surface area contributed by atoms with Crippen molar-refractivity contribution in [1.82, 2.24) is 24.9 Å². The molecule has 0 radical (unpaired) electrons. The molecule has 0 unspecified atom stereocenters. The Morgan fingerprint density at radius 3 is 2.22 bits per heavy atom. The smallest absolute Gasteiger partial charge is 0.325 e. The molecule has 2 saturated heterocycles. The third-order valence-corrected chi connectivity index (χ3v) is 6.60. The Hall–Kier alpha value is -3.65. The zero-order chi connectivity index (χ0) is 26.8. The molecular weight excluding hydrogens is 474 g/mol. The summed E-state index contributed by atoms with van der Waals surface area (Å²) in [5.74, 6) is -0.00648. The van der Waals surface area contributed by atoms with Crippen LogP contribution in [0.4, 0.5) is 15.3 Å². The number of nitrogens with zero attached hydrogens (tertiary/aromatic N) is 5. The minimum absolute atomic E-state index is 0.162. The van der Waals surface area contributed by atoms with Crippen LogP contribution in [0.5, 0.6) is 0 Å². The molecule has 0 saturated carbocycles. The lowest BCUT2D eigenvalue weighted by molar-refractivity contribution is -0.131. The number of hydrogen-bond acceptors (Lipinski definition) is 6. The fourth-order valence-electron chi connectivity index (χ4n) is 4.31. The van der Waals surface area contributed by atoms with E-state index in [-0.39, 0.29) is 25.0 Å². The number of amides is 6. The number of benzene rings is 1. The van der Waals surface area contributed by atoms with Crippen molar-refractivity contribution in [2.24, 2.45) is 5.92 Å². The Kier molecular flexibility index (Phi) is 10.3. The van der Waals surface area contributed by atoms with Crippen LogP contribution >= 0.6 is 0 Å². The number of nitrogens with one attached hydrogen (secondary N) is 2. The highest BCUT2D eigenvalue weighted by atomic mass is 16.2. The number of rotatable bonds is 8. The topological polar surface area (TPSA) is 129 Å². The van der Waals surface area contributed by atoms with Crippen LogP contribution in [0.15, 0.2) is 24.3 Å². The minimum Gasteiger partial charge on any atom is -0.342 e. The van der Waals surface area contributed by atoms with E-state index in [9.17, 15) is 19.2 Å². The second-order valence-electron chi connectivity index (χ2n) is 9.81. The number of likely N-dealkylation sites (tertiary alicyclic amines) is 1. The van der Waals surface area contributed by atoms with Gasteiger partial charge in [-0.15, -0.1) is 0 Å². The van der Waals surface area contributed by atoms with E-state index in [0.29, 0.717) is 56.3 Å². The monoisotopic (exact) mass is 511 g/mol. The molecule has 2 heterocycles. The summed E-state index contributed by atoms with van der Waals surface area (Å²) in [6.45, 7) is 8.47. The van der Waals surface area contributed by atoms with Crippen LogP contribution in [0, 0.1) is 17.2 Å². The van der Waals surface area contributed by atoms with E-state index in [1.807, 2.05) is 24.8 Å². The lowest BCUT2D eigenvalue weighted by Gasteiger charge is -2.35. The molecule has 0 bridgehead atoms. The number of urea groups is 2. The summed E-state index contributed by atoms with van der Waals surface area (Å²) < 4.78 is 0. The van der Waals surface area contributed by atoms with Crippen molar-refractivity contribution in [1.29, 1.82) is 5.26 Å². The zero-order valence-electron chi connectivity index (χ0n) is 21.7. The summed E-state index contributed by atoms with van der Waals surface area (Å²) in [4.78, 5) is 57.3. The summed E-state index contributed by atoms with van der Waals surface area (Å²) in [6, 6.07) is 7.39. The Labute approximate surface area is 218 Å². The van der Waals surface area contributed by atoms with E-state index >= 15 is 0 Å². The molecule has 6 amide bonds. The van der Waals surface area contributed by atoms with Gasteiger partial charge < -0.3 is 20.4 Å². The fourth-order valence-corrected chi connectivity index (χ4v) is 4.31. The van der Waals surface area contributed by atoms with Gasteiger partial charge in [0.15, 0.2) is 0 Å². The minimum atomic E-state index is -0.606. The van der Waals surface area contributed by atoms with Gasteiger partial charge in [0.25, 0.3) is 5.91 Å². The van der Waals surface area contributed by atoms with Crippen LogP contribution in [-0.4, -0.2) is 102 Å². The van der Waals surface area contributed by atoms with Gasteiger partial charge in [0.1, 0.15) is 6.54 Å². The number of imide groups is 1. The van der Waals surface area contributed by atoms with Crippen LogP contribution < -0.4 is 10.6 Å². The Balaban J connectivity index is 1.51. The first-order chi connectivity index (χ1) is 17.8. The van der Waals surface area contributed by atoms with Gasteiger partial charge in [-0.3, -0.25) is 19.4 Å². The normalized spacial score (nSPS) is 15.8. The molecule has 0 spiro atoms. The number of carbonyl (C=O) groups is 4. The van der Waals surface area contributed by atoms with Gasteiger partial charge >= 0.3 is 12.1 Å². The van der Waals surface area contributed by atoms with Crippen molar-refractivity contribution in [2.45, 2.75) is 33.1 Å². The second kappa shape index (κ2) is 13.6. The van der Waals surface area contributed by atoms with Crippen molar-refractivity contribution in [2.75, 3.05) is 64.2 Å². The van der Waals surface area contributed by atoms with Crippen molar-refractivity contribution in [3.05, 3.63) is 29.8 Å². The van der Waals surface area contributed by atoms with Crippen molar-refractivity contribution in [3.8, 4) is 6.07 Å². The molecule has 3 rings (SSSR count). The van der Waals surface area contributed by atoms with Crippen LogP contribution in [-0.2, 0) is 4.79 Å². The molecule has 37 heavy (non-hydrogen) atoms. The number of carbonyl (C=O) groups excluding carboxylic acids is 4. The number of hydrogen-bond donors (Lipinski definition) is 2. The van der Waals surface area contributed by atoms with E-state index in [4.69, 9.17) is 5.26 Å². The van der Waals surface area contributed by atoms with Gasteiger partial charge in [-0.1, -0.05) is 13.8 Å². The Morgan fingerprint density at radius 1 is 0.973 bits per heavy atom. The van der Waals surface area contributed by atoms with Gasteiger partial charge in [0.05, 0.1) is 12.6 Å². The molecule has 0 aliphatic carbocycles. The van der Waals surface area contributed by atoms with E-state index in [0.717, 1.165) is 30.8 Å². The summed E-state index contributed by atoms with van der Waals surface area (Å²) >= 11 is 0. The third kappa shape index (κ3) is 8.18. The molecule has 0 atom stereocenters. The highest BCUT2D eigenvalue weighted by molar-refractivity contribution is 6.04. The number of anilines is 1. The highest BCUT2D eigenvalue weighted by Crippen LogP contribution is 2.15. The Bertz CT molecular complexity index is 991. The lowest BCUT2D eigenvalue weighted by Crippen LogP contribution is -2.52. The summed E-state index contributed by atoms with van der Waals surface area (Å²) in [7, 11) is 0. The molecule has 200 valence electrons. The van der Waals surface area contributed by atoms with Gasteiger partial charge in [-0.25, -0.2) is 9.59 Å².